The van der Waals surface area contributed by atoms with Crippen LogP contribution in [-0.2, 0) is 9.53 Å². The normalized spacial score (nSPS) is 11.0. The molecule has 0 N–H and O–H groups in total. The van der Waals surface area contributed by atoms with Crippen LogP contribution in [0, 0.1) is 5.41 Å². The smallest absolute Gasteiger partial charge is 0.344 e. The first-order valence-electron chi connectivity index (χ1n) is 4.07. The Labute approximate surface area is 79.3 Å². The minimum Gasteiger partial charge on any atom is -0.462 e. The van der Waals surface area contributed by atoms with Crippen LogP contribution in [-0.4, -0.2) is 17.4 Å². The third kappa shape index (κ3) is 5.24. The Morgan fingerprint density at radius 1 is 1.42 bits per heavy atom. The maximum atomic E-state index is 11.1. The first kappa shape index (κ1) is 11.6. The van der Waals surface area contributed by atoms with E-state index in [2.05, 4.69) is 0 Å². The maximum absolute atomic E-state index is 11.1. The van der Waals surface area contributed by atoms with Crippen molar-refractivity contribution in [3.63, 3.8) is 0 Å². The lowest BCUT2D eigenvalue weighted by atomic mass is 9.90. The second-order valence-electron chi connectivity index (χ2n) is 3.88. The minimum absolute atomic E-state index is 0.0594. The van der Waals surface area contributed by atoms with Crippen molar-refractivity contribution >= 4 is 23.1 Å². The highest BCUT2D eigenvalue weighted by Gasteiger charge is 2.18. The van der Waals surface area contributed by atoms with E-state index in [-0.39, 0.29) is 11.4 Å². The van der Waals surface area contributed by atoms with Crippen molar-refractivity contribution in [3.8, 4) is 0 Å². The van der Waals surface area contributed by atoms with Gasteiger partial charge in [0, 0.05) is 0 Å². The van der Waals surface area contributed by atoms with E-state index in [1.54, 1.807) is 6.92 Å². The average molecular weight is 188 g/mol. The summed E-state index contributed by atoms with van der Waals surface area (Å²) in [5.74, 6) is -0.345. The van der Waals surface area contributed by atoms with Gasteiger partial charge in [0.05, 0.1) is 6.61 Å². The van der Waals surface area contributed by atoms with Crippen LogP contribution in [0.1, 0.15) is 34.1 Å². The molecule has 2 nitrogen and oxygen atoms in total. The molecule has 0 aliphatic heterocycles. The summed E-state index contributed by atoms with van der Waals surface area (Å²) in [5.41, 5.74) is 0.0594. The summed E-state index contributed by atoms with van der Waals surface area (Å²) in [5, 5.41) is 0. The second-order valence-corrected chi connectivity index (χ2v) is 4.37. The molecule has 0 aromatic rings. The van der Waals surface area contributed by atoms with Crippen LogP contribution in [0.15, 0.2) is 0 Å². The summed E-state index contributed by atoms with van der Waals surface area (Å²) in [6.07, 6.45) is 0.612. The van der Waals surface area contributed by atoms with Crippen LogP contribution in [0.2, 0.25) is 0 Å². The predicted molar refractivity (Wildman–Crippen MR) is 53.3 cm³/mol. The molecule has 0 aromatic carbocycles. The van der Waals surface area contributed by atoms with Crippen molar-refractivity contribution in [1.29, 1.82) is 0 Å². The summed E-state index contributed by atoms with van der Waals surface area (Å²) in [7, 11) is 0. The zero-order valence-electron chi connectivity index (χ0n) is 8.14. The van der Waals surface area contributed by atoms with Crippen molar-refractivity contribution in [2.75, 3.05) is 6.61 Å². The van der Waals surface area contributed by atoms with Gasteiger partial charge in [0.2, 0.25) is 0 Å². The predicted octanol–water partition coefficient (Wildman–Crippen LogP) is 2.36. The highest BCUT2D eigenvalue weighted by Crippen LogP contribution is 2.19. The molecule has 0 aromatic heterocycles. The molecule has 0 heterocycles. The van der Waals surface area contributed by atoms with Crippen LogP contribution in [0.4, 0.5) is 0 Å². The molecule has 3 heteroatoms. The lowest BCUT2D eigenvalue weighted by molar-refractivity contribution is -0.135. The molecule has 0 aliphatic rings. The topological polar surface area (TPSA) is 26.3 Å². The van der Waals surface area contributed by atoms with E-state index < -0.39 is 0 Å². The number of ether oxygens (including phenoxy) is 1. The average Bonchev–Trinajstić information content (AvgIpc) is 1.84. The number of carbonyl (C=O) groups excluding carboxylic acids is 1. The first-order chi connectivity index (χ1) is 5.37. The minimum atomic E-state index is -0.345. The fourth-order valence-electron chi connectivity index (χ4n) is 0.765. The van der Waals surface area contributed by atoms with E-state index in [9.17, 15) is 4.79 Å². The van der Waals surface area contributed by atoms with Gasteiger partial charge in [-0.25, -0.2) is 4.79 Å². The Bertz CT molecular complexity index is 179. The molecule has 0 amide bonds. The van der Waals surface area contributed by atoms with Crippen LogP contribution in [0.25, 0.3) is 0 Å². The SMILES string of the molecule is CCOC(=O)C(=S)CC(C)(C)C. The summed E-state index contributed by atoms with van der Waals surface area (Å²) >= 11 is 4.92. The van der Waals surface area contributed by atoms with E-state index in [4.69, 9.17) is 17.0 Å². The van der Waals surface area contributed by atoms with Crippen molar-refractivity contribution in [2.45, 2.75) is 34.1 Å². The highest BCUT2D eigenvalue weighted by atomic mass is 32.1. The molecule has 0 saturated heterocycles. The van der Waals surface area contributed by atoms with Gasteiger partial charge in [-0.05, 0) is 18.8 Å². The van der Waals surface area contributed by atoms with E-state index in [0.29, 0.717) is 17.9 Å². The van der Waals surface area contributed by atoms with Crippen molar-refractivity contribution < 1.29 is 9.53 Å². The Balaban J connectivity index is 3.97. The second kappa shape index (κ2) is 4.55. The van der Waals surface area contributed by atoms with E-state index in [0.717, 1.165) is 0 Å². The quantitative estimate of drug-likeness (QED) is 0.502. The highest BCUT2D eigenvalue weighted by molar-refractivity contribution is 7.82. The van der Waals surface area contributed by atoms with E-state index >= 15 is 0 Å². The monoisotopic (exact) mass is 188 g/mol. The van der Waals surface area contributed by atoms with Gasteiger partial charge in [-0.3, -0.25) is 0 Å². The van der Waals surface area contributed by atoms with Gasteiger partial charge < -0.3 is 4.74 Å². The van der Waals surface area contributed by atoms with Crippen LogP contribution < -0.4 is 0 Å². The first-order valence-corrected chi connectivity index (χ1v) is 4.47. The van der Waals surface area contributed by atoms with Gasteiger partial charge in [0.15, 0.2) is 0 Å². The van der Waals surface area contributed by atoms with Gasteiger partial charge >= 0.3 is 5.97 Å². The van der Waals surface area contributed by atoms with Gasteiger partial charge in [0.25, 0.3) is 0 Å². The molecule has 0 atom stereocenters. The van der Waals surface area contributed by atoms with Crippen LogP contribution in [0.3, 0.4) is 0 Å². The molecule has 0 spiro atoms. The third-order valence-corrected chi connectivity index (χ3v) is 1.50. The Morgan fingerprint density at radius 2 is 1.92 bits per heavy atom. The van der Waals surface area contributed by atoms with Gasteiger partial charge in [0.1, 0.15) is 4.86 Å². The third-order valence-electron chi connectivity index (χ3n) is 1.19. The van der Waals surface area contributed by atoms with Crippen molar-refractivity contribution in [3.05, 3.63) is 0 Å². The maximum Gasteiger partial charge on any atom is 0.344 e. The molecular weight excluding hydrogens is 172 g/mol. The fourth-order valence-corrected chi connectivity index (χ4v) is 1.26. The molecule has 0 unspecified atom stereocenters. The van der Waals surface area contributed by atoms with Gasteiger partial charge in [-0.15, -0.1) is 0 Å². The van der Waals surface area contributed by atoms with Crippen molar-refractivity contribution in [2.24, 2.45) is 5.41 Å². The molecule has 0 aliphatic carbocycles. The Hall–Kier alpha value is -0.440. The summed E-state index contributed by atoms with van der Waals surface area (Å²) < 4.78 is 4.77. The van der Waals surface area contributed by atoms with Crippen LogP contribution >= 0.6 is 12.2 Å². The number of rotatable bonds is 3. The molecular formula is C9H16O2S. The largest absolute Gasteiger partial charge is 0.462 e. The zero-order chi connectivity index (χ0) is 9.78. The number of thiocarbonyl (C=S) groups is 1. The fraction of sp³-hybridized carbons (Fsp3) is 0.778. The molecule has 0 rings (SSSR count). The van der Waals surface area contributed by atoms with Crippen molar-refractivity contribution in [1.82, 2.24) is 0 Å². The lowest BCUT2D eigenvalue weighted by Crippen LogP contribution is -2.21. The molecule has 0 bridgehead atoms. The zero-order valence-corrected chi connectivity index (χ0v) is 8.96. The molecule has 70 valence electrons. The molecule has 0 fully saturated rings. The van der Waals surface area contributed by atoms with E-state index in [1.807, 2.05) is 20.8 Å². The number of hydrogen-bond acceptors (Lipinski definition) is 3. The van der Waals surface area contributed by atoms with E-state index in [1.165, 1.54) is 0 Å². The molecule has 0 radical (unpaired) electrons. The summed E-state index contributed by atoms with van der Waals surface area (Å²) in [4.78, 5) is 11.5. The van der Waals surface area contributed by atoms with Gasteiger partial charge in [-0.1, -0.05) is 33.0 Å². The lowest BCUT2D eigenvalue weighted by Gasteiger charge is -2.17. The van der Waals surface area contributed by atoms with Crippen LogP contribution in [0.5, 0.6) is 0 Å². The summed E-state index contributed by atoms with van der Waals surface area (Å²) in [6.45, 7) is 8.29. The standard InChI is InChI=1S/C9H16O2S/c1-5-11-8(10)7(12)6-9(2,3)4/h5-6H2,1-4H3. The Morgan fingerprint density at radius 3 is 2.25 bits per heavy atom. The number of carbonyl (C=O) groups is 1. The molecule has 12 heavy (non-hydrogen) atoms. The number of hydrogen-bond donors (Lipinski definition) is 0. The van der Waals surface area contributed by atoms with Gasteiger partial charge in [-0.2, -0.15) is 0 Å². The summed E-state index contributed by atoms with van der Waals surface area (Å²) in [6, 6.07) is 0. The molecule has 0 saturated carbocycles. The Kier molecular flexibility index (Phi) is 4.39. The number of esters is 1.